The second kappa shape index (κ2) is 8.16. The summed E-state index contributed by atoms with van der Waals surface area (Å²) in [6.45, 7) is 0.930. The predicted octanol–water partition coefficient (Wildman–Crippen LogP) is 2.95. The molecule has 0 unspecified atom stereocenters. The Labute approximate surface area is 148 Å². The first kappa shape index (κ1) is 17.5. The maximum atomic E-state index is 12.4. The first-order chi connectivity index (χ1) is 12.2. The van der Waals surface area contributed by atoms with E-state index in [1.165, 1.54) is 5.56 Å². The number of rotatable bonds is 5. The molecule has 1 heterocycles. The van der Waals surface area contributed by atoms with Gasteiger partial charge in [0.1, 0.15) is 0 Å². The van der Waals surface area contributed by atoms with Gasteiger partial charge >= 0.3 is 6.03 Å². The van der Waals surface area contributed by atoms with E-state index in [0.717, 1.165) is 25.7 Å². The molecule has 0 radical (unpaired) electrons. The van der Waals surface area contributed by atoms with E-state index < -0.39 is 0 Å². The number of hydrogen-bond donors (Lipinski definition) is 2. The lowest BCUT2D eigenvalue weighted by Gasteiger charge is -2.33. The van der Waals surface area contributed by atoms with Gasteiger partial charge in [0.25, 0.3) is 0 Å². The van der Waals surface area contributed by atoms with Gasteiger partial charge < -0.3 is 10.0 Å². The van der Waals surface area contributed by atoms with E-state index >= 15 is 0 Å². The van der Waals surface area contributed by atoms with Gasteiger partial charge in [-0.2, -0.15) is 5.10 Å². The molecule has 2 amide bonds. The standard InChI is InChI=1S/C19H26N4O2/c1-22(17-9-7-16(14-24)8-10-17)19(25)20-18-11-12-23(21-18)13-15-5-3-2-4-6-15/h2-6,11-12,16-17,24H,7-10,13-14H2,1H3,(H,20,21,25). The van der Waals surface area contributed by atoms with Crippen molar-refractivity contribution in [3.63, 3.8) is 0 Å². The second-order valence-corrected chi connectivity index (χ2v) is 6.78. The summed E-state index contributed by atoms with van der Waals surface area (Å²) >= 11 is 0. The van der Waals surface area contributed by atoms with Gasteiger partial charge in [-0.1, -0.05) is 30.3 Å². The van der Waals surface area contributed by atoms with Crippen LogP contribution in [0.15, 0.2) is 42.6 Å². The van der Waals surface area contributed by atoms with Crippen LogP contribution in [0.4, 0.5) is 10.6 Å². The van der Waals surface area contributed by atoms with Crippen molar-refractivity contribution >= 4 is 11.8 Å². The zero-order valence-electron chi connectivity index (χ0n) is 14.6. The summed E-state index contributed by atoms with van der Waals surface area (Å²) < 4.78 is 1.82. The molecule has 2 aromatic rings. The first-order valence-corrected chi connectivity index (χ1v) is 8.87. The number of aliphatic hydroxyl groups is 1. The lowest BCUT2D eigenvalue weighted by molar-refractivity contribution is 0.139. The highest BCUT2D eigenvalue weighted by molar-refractivity contribution is 5.88. The average Bonchev–Trinajstić information content (AvgIpc) is 3.08. The van der Waals surface area contributed by atoms with E-state index in [1.54, 1.807) is 4.90 Å². The van der Waals surface area contributed by atoms with Gasteiger partial charge in [-0.15, -0.1) is 0 Å². The molecule has 1 aliphatic rings. The monoisotopic (exact) mass is 342 g/mol. The topological polar surface area (TPSA) is 70.4 Å². The van der Waals surface area contributed by atoms with E-state index in [1.807, 2.05) is 42.2 Å². The number of amides is 2. The molecule has 3 rings (SSSR count). The fourth-order valence-electron chi connectivity index (χ4n) is 3.37. The van der Waals surface area contributed by atoms with E-state index in [9.17, 15) is 9.90 Å². The summed E-state index contributed by atoms with van der Waals surface area (Å²) in [5.41, 5.74) is 1.17. The Morgan fingerprint density at radius 2 is 1.96 bits per heavy atom. The van der Waals surface area contributed by atoms with Crippen molar-refractivity contribution in [2.24, 2.45) is 5.92 Å². The molecular formula is C19H26N4O2. The normalized spacial score (nSPS) is 20.2. The lowest BCUT2D eigenvalue weighted by atomic mass is 9.86. The molecule has 0 aliphatic heterocycles. The quantitative estimate of drug-likeness (QED) is 0.878. The van der Waals surface area contributed by atoms with Crippen LogP contribution in [0.2, 0.25) is 0 Å². The van der Waals surface area contributed by atoms with Crippen LogP contribution >= 0.6 is 0 Å². The van der Waals surface area contributed by atoms with Crippen molar-refractivity contribution in [3.05, 3.63) is 48.2 Å². The SMILES string of the molecule is CN(C(=O)Nc1ccn(Cc2ccccc2)n1)C1CCC(CO)CC1. The molecule has 1 saturated carbocycles. The van der Waals surface area contributed by atoms with E-state index in [4.69, 9.17) is 0 Å². The molecule has 1 aliphatic carbocycles. The summed E-state index contributed by atoms with van der Waals surface area (Å²) in [5.74, 6) is 0.957. The van der Waals surface area contributed by atoms with Gasteiger partial charge in [0.05, 0.1) is 6.54 Å². The molecule has 0 spiro atoms. The minimum Gasteiger partial charge on any atom is -0.396 e. The number of aromatic nitrogens is 2. The average molecular weight is 342 g/mol. The Bertz CT molecular complexity index is 678. The molecule has 134 valence electrons. The molecule has 0 atom stereocenters. The highest BCUT2D eigenvalue weighted by Crippen LogP contribution is 2.26. The molecule has 25 heavy (non-hydrogen) atoms. The van der Waals surface area contributed by atoms with Crippen molar-refractivity contribution in [3.8, 4) is 0 Å². The summed E-state index contributed by atoms with van der Waals surface area (Å²) in [6, 6.07) is 12.0. The summed E-state index contributed by atoms with van der Waals surface area (Å²) in [5, 5.41) is 16.5. The minimum atomic E-state index is -0.127. The molecule has 1 fully saturated rings. The van der Waals surface area contributed by atoms with Crippen LogP contribution in [-0.4, -0.2) is 45.5 Å². The number of aliphatic hydroxyl groups excluding tert-OH is 1. The van der Waals surface area contributed by atoms with Crippen molar-refractivity contribution < 1.29 is 9.90 Å². The van der Waals surface area contributed by atoms with Crippen LogP contribution < -0.4 is 5.32 Å². The zero-order valence-corrected chi connectivity index (χ0v) is 14.6. The van der Waals surface area contributed by atoms with Crippen molar-refractivity contribution in [1.29, 1.82) is 0 Å². The lowest BCUT2D eigenvalue weighted by Crippen LogP contribution is -2.42. The van der Waals surface area contributed by atoms with E-state index in [2.05, 4.69) is 22.5 Å². The number of urea groups is 1. The van der Waals surface area contributed by atoms with Gasteiger partial charge in [0.2, 0.25) is 0 Å². The highest BCUT2D eigenvalue weighted by atomic mass is 16.3. The first-order valence-electron chi connectivity index (χ1n) is 8.87. The van der Waals surface area contributed by atoms with Crippen LogP contribution in [0.3, 0.4) is 0 Å². The van der Waals surface area contributed by atoms with Crippen molar-refractivity contribution in [2.45, 2.75) is 38.3 Å². The van der Waals surface area contributed by atoms with E-state index in [-0.39, 0.29) is 18.7 Å². The number of anilines is 1. The molecule has 1 aromatic carbocycles. The molecule has 0 bridgehead atoms. The van der Waals surface area contributed by atoms with Crippen molar-refractivity contribution in [2.75, 3.05) is 19.0 Å². The fourth-order valence-corrected chi connectivity index (χ4v) is 3.37. The minimum absolute atomic E-state index is 0.127. The van der Waals surface area contributed by atoms with Gasteiger partial charge in [0, 0.05) is 32.0 Å². The fraction of sp³-hybridized carbons (Fsp3) is 0.474. The second-order valence-electron chi connectivity index (χ2n) is 6.78. The predicted molar refractivity (Wildman–Crippen MR) is 97.4 cm³/mol. The maximum absolute atomic E-state index is 12.4. The van der Waals surface area contributed by atoms with Gasteiger partial charge in [-0.3, -0.25) is 10.00 Å². The number of nitrogens with zero attached hydrogens (tertiary/aromatic N) is 3. The number of carbonyl (C=O) groups is 1. The van der Waals surface area contributed by atoms with E-state index in [0.29, 0.717) is 18.3 Å². The molecule has 1 aromatic heterocycles. The van der Waals surface area contributed by atoms with Crippen molar-refractivity contribution in [1.82, 2.24) is 14.7 Å². The van der Waals surface area contributed by atoms with Crippen LogP contribution in [-0.2, 0) is 6.54 Å². The number of hydrogen-bond acceptors (Lipinski definition) is 3. The third kappa shape index (κ3) is 4.60. The molecule has 6 heteroatoms. The molecule has 6 nitrogen and oxygen atoms in total. The Morgan fingerprint density at radius 1 is 1.24 bits per heavy atom. The third-order valence-corrected chi connectivity index (χ3v) is 5.01. The number of nitrogens with one attached hydrogen (secondary N) is 1. The van der Waals surface area contributed by atoms with Crippen LogP contribution in [0.25, 0.3) is 0 Å². The Balaban J connectivity index is 1.53. The van der Waals surface area contributed by atoms with Crippen LogP contribution in [0.1, 0.15) is 31.2 Å². The Kier molecular flexibility index (Phi) is 5.71. The highest BCUT2D eigenvalue weighted by Gasteiger charge is 2.26. The Hall–Kier alpha value is -2.34. The van der Waals surface area contributed by atoms with Crippen LogP contribution in [0, 0.1) is 5.92 Å². The zero-order chi connectivity index (χ0) is 17.6. The number of carbonyl (C=O) groups excluding carboxylic acids is 1. The van der Waals surface area contributed by atoms with Gasteiger partial charge in [-0.05, 0) is 37.2 Å². The molecule has 2 N–H and O–H groups in total. The van der Waals surface area contributed by atoms with Gasteiger partial charge in [-0.25, -0.2) is 4.79 Å². The smallest absolute Gasteiger partial charge is 0.323 e. The third-order valence-electron chi connectivity index (χ3n) is 5.01. The molecule has 0 saturated heterocycles. The molecular weight excluding hydrogens is 316 g/mol. The maximum Gasteiger partial charge on any atom is 0.323 e. The summed E-state index contributed by atoms with van der Waals surface area (Å²) in [7, 11) is 1.83. The number of benzene rings is 1. The Morgan fingerprint density at radius 3 is 2.64 bits per heavy atom. The summed E-state index contributed by atoms with van der Waals surface area (Å²) in [4.78, 5) is 14.2. The summed E-state index contributed by atoms with van der Waals surface area (Å²) in [6.07, 6.45) is 5.71. The van der Waals surface area contributed by atoms with Gasteiger partial charge in [0.15, 0.2) is 5.82 Å². The van der Waals surface area contributed by atoms with Crippen LogP contribution in [0.5, 0.6) is 0 Å². The largest absolute Gasteiger partial charge is 0.396 e.